The number of hydrogen-bond acceptors (Lipinski definition) is 2. The van der Waals surface area contributed by atoms with Crippen molar-refractivity contribution in [3.05, 3.63) is 0 Å². The molecule has 1 saturated carbocycles. The molecule has 1 atom stereocenters. The van der Waals surface area contributed by atoms with Crippen LogP contribution in [-0.2, 0) is 0 Å². The van der Waals surface area contributed by atoms with Crippen molar-refractivity contribution in [3.63, 3.8) is 0 Å². The first kappa shape index (κ1) is 12.4. The molecule has 2 aliphatic rings. The lowest BCUT2D eigenvalue weighted by Crippen LogP contribution is -2.52. The minimum atomic E-state index is 0.546. The SMILES string of the molecule is CNC1CCN(C2CCCCC2(C)C)CC1. The number of piperidine rings is 1. The molecule has 0 aromatic heterocycles. The zero-order valence-electron chi connectivity index (χ0n) is 11.3. The number of nitrogens with one attached hydrogen (secondary N) is 1. The van der Waals surface area contributed by atoms with Gasteiger partial charge in [-0.25, -0.2) is 0 Å². The van der Waals surface area contributed by atoms with Crippen molar-refractivity contribution in [1.29, 1.82) is 0 Å². The topological polar surface area (TPSA) is 15.3 Å². The van der Waals surface area contributed by atoms with Crippen LogP contribution in [-0.4, -0.2) is 37.1 Å². The second kappa shape index (κ2) is 5.05. The van der Waals surface area contributed by atoms with Gasteiger partial charge >= 0.3 is 0 Å². The summed E-state index contributed by atoms with van der Waals surface area (Å²) >= 11 is 0. The largest absolute Gasteiger partial charge is 0.317 e. The monoisotopic (exact) mass is 224 g/mol. The van der Waals surface area contributed by atoms with Crippen LogP contribution in [0.2, 0.25) is 0 Å². The van der Waals surface area contributed by atoms with Crippen molar-refractivity contribution in [3.8, 4) is 0 Å². The molecule has 1 heterocycles. The van der Waals surface area contributed by atoms with Crippen LogP contribution in [0.4, 0.5) is 0 Å². The molecule has 94 valence electrons. The van der Waals surface area contributed by atoms with E-state index in [0.29, 0.717) is 5.41 Å². The fourth-order valence-electron chi connectivity index (χ4n) is 3.65. The molecule has 0 bridgehead atoms. The van der Waals surface area contributed by atoms with E-state index in [-0.39, 0.29) is 0 Å². The molecule has 1 aliphatic heterocycles. The highest BCUT2D eigenvalue weighted by Gasteiger charge is 2.37. The Morgan fingerprint density at radius 1 is 1.06 bits per heavy atom. The normalized spacial score (nSPS) is 32.8. The highest BCUT2D eigenvalue weighted by Crippen LogP contribution is 2.39. The first-order chi connectivity index (χ1) is 7.63. The van der Waals surface area contributed by atoms with Gasteiger partial charge in [-0.05, 0) is 51.2 Å². The van der Waals surface area contributed by atoms with Gasteiger partial charge in [0.15, 0.2) is 0 Å². The summed E-state index contributed by atoms with van der Waals surface area (Å²) < 4.78 is 0. The first-order valence-corrected chi connectivity index (χ1v) is 7.05. The molecule has 1 N–H and O–H groups in total. The van der Waals surface area contributed by atoms with E-state index in [1.165, 1.54) is 51.6 Å². The zero-order chi connectivity index (χ0) is 11.6. The van der Waals surface area contributed by atoms with Crippen LogP contribution in [0.3, 0.4) is 0 Å². The number of nitrogens with zero attached hydrogens (tertiary/aromatic N) is 1. The highest BCUT2D eigenvalue weighted by atomic mass is 15.2. The molecule has 0 aromatic carbocycles. The summed E-state index contributed by atoms with van der Waals surface area (Å²) in [6.07, 6.45) is 8.41. The smallest absolute Gasteiger partial charge is 0.0146 e. The molecule has 1 aliphatic carbocycles. The Labute approximate surface area is 101 Å². The molecular weight excluding hydrogens is 196 g/mol. The van der Waals surface area contributed by atoms with Gasteiger partial charge in [0, 0.05) is 12.1 Å². The first-order valence-electron chi connectivity index (χ1n) is 7.05. The molecule has 2 fully saturated rings. The standard InChI is InChI=1S/C14H28N2/c1-14(2)9-5-4-6-13(14)16-10-7-12(15-3)8-11-16/h12-13,15H,4-11H2,1-3H3. The van der Waals surface area contributed by atoms with Crippen molar-refractivity contribution in [2.45, 2.75) is 64.5 Å². The Kier molecular flexibility index (Phi) is 3.91. The van der Waals surface area contributed by atoms with Crippen LogP contribution >= 0.6 is 0 Å². The molecule has 2 nitrogen and oxygen atoms in total. The molecular formula is C14H28N2. The Balaban J connectivity index is 1.92. The maximum absolute atomic E-state index is 3.42. The fraction of sp³-hybridized carbons (Fsp3) is 1.00. The second-order valence-corrected chi connectivity index (χ2v) is 6.35. The molecule has 2 rings (SSSR count). The van der Waals surface area contributed by atoms with Crippen LogP contribution < -0.4 is 5.32 Å². The van der Waals surface area contributed by atoms with E-state index in [1.807, 2.05) is 0 Å². The highest BCUT2D eigenvalue weighted by molar-refractivity contribution is 4.92. The third kappa shape index (κ3) is 2.60. The van der Waals surface area contributed by atoms with Crippen molar-refractivity contribution < 1.29 is 0 Å². The Morgan fingerprint density at radius 2 is 1.75 bits per heavy atom. The van der Waals surface area contributed by atoms with Crippen LogP contribution in [0, 0.1) is 5.41 Å². The molecule has 0 radical (unpaired) electrons. The van der Waals surface area contributed by atoms with E-state index in [4.69, 9.17) is 0 Å². The number of rotatable bonds is 2. The van der Waals surface area contributed by atoms with Gasteiger partial charge in [-0.1, -0.05) is 26.7 Å². The quantitative estimate of drug-likeness (QED) is 0.776. The summed E-state index contributed by atoms with van der Waals surface area (Å²) in [5.74, 6) is 0. The predicted molar refractivity (Wildman–Crippen MR) is 69.7 cm³/mol. The van der Waals surface area contributed by atoms with Gasteiger partial charge in [0.1, 0.15) is 0 Å². The fourth-order valence-corrected chi connectivity index (χ4v) is 3.65. The van der Waals surface area contributed by atoms with Crippen molar-refractivity contribution in [2.24, 2.45) is 5.41 Å². The maximum atomic E-state index is 3.42. The summed E-state index contributed by atoms with van der Waals surface area (Å²) in [5.41, 5.74) is 0.546. The Bertz CT molecular complexity index is 217. The lowest BCUT2D eigenvalue weighted by Gasteiger charge is -2.47. The lowest BCUT2D eigenvalue weighted by atomic mass is 9.72. The van der Waals surface area contributed by atoms with Gasteiger partial charge in [0.25, 0.3) is 0 Å². The summed E-state index contributed by atoms with van der Waals surface area (Å²) in [5, 5.41) is 3.42. The average molecular weight is 224 g/mol. The van der Waals surface area contributed by atoms with Crippen LogP contribution in [0.25, 0.3) is 0 Å². The third-order valence-electron chi connectivity index (χ3n) is 4.83. The van der Waals surface area contributed by atoms with Crippen LogP contribution in [0.5, 0.6) is 0 Å². The molecule has 2 heteroatoms. The minimum Gasteiger partial charge on any atom is -0.317 e. The molecule has 1 saturated heterocycles. The van der Waals surface area contributed by atoms with E-state index < -0.39 is 0 Å². The summed E-state index contributed by atoms with van der Waals surface area (Å²) in [6, 6.07) is 1.61. The van der Waals surface area contributed by atoms with Crippen molar-refractivity contribution in [2.75, 3.05) is 20.1 Å². The summed E-state index contributed by atoms with van der Waals surface area (Å²) in [7, 11) is 2.10. The summed E-state index contributed by atoms with van der Waals surface area (Å²) in [6.45, 7) is 7.56. The summed E-state index contributed by atoms with van der Waals surface area (Å²) in [4.78, 5) is 2.77. The van der Waals surface area contributed by atoms with Gasteiger partial charge in [-0.2, -0.15) is 0 Å². The minimum absolute atomic E-state index is 0.546. The van der Waals surface area contributed by atoms with E-state index in [2.05, 4.69) is 31.1 Å². The van der Waals surface area contributed by atoms with Crippen molar-refractivity contribution in [1.82, 2.24) is 10.2 Å². The van der Waals surface area contributed by atoms with Gasteiger partial charge in [0.05, 0.1) is 0 Å². The van der Waals surface area contributed by atoms with Gasteiger partial charge in [-0.15, -0.1) is 0 Å². The lowest BCUT2D eigenvalue weighted by molar-refractivity contribution is 0.0304. The van der Waals surface area contributed by atoms with E-state index in [9.17, 15) is 0 Å². The zero-order valence-corrected chi connectivity index (χ0v) is 11.3. The molecule has 0 amide bonds. The predicted octanol–water partition coefficient (Wildman–Crippen LogP) is 2.64. The third-order valence-corrected chi connectivity index (χ3v) is 4.83. The van der Waals surface area contributed by atoms with Crippen molar-refractivity contribution >= 4 is 0 Å². The number of hydrogen-bond donors (Lipinski definition) is 1. The molecule has 16 heavy (non-hydrogen) atoms. The van der Waals surface area contributed by atoms with Gasteiger partial charge in [0.2, 0.25) is 0 Å². The average Bonchev–Trinajstić information content (AvgIpc) is 2.29. The second-order valence-electron chi connectivity index (χ2n) is 6.35. The van der Waals surface area contributed by atoms with E-state index in [1.54, 1.807) is 0 Å². The maximum Gasteiger partial charge on any atom is 0.0146 e. The van der Waals surface area contributed by atoms with Gasteiger partial charge < -0.3 is 5.32 Å². The van der Waals surface area contributed by atoms with Crippen LogP contribution in [0.1, 0.15) is 52.4 Å². The van der Waals surface area contributed by atoms with E-state index >= 15 is 0 Å². The number of likely N-dealkylation sites (tertiary alicyclic amines) is 1. The Hall–Kier alpha value is -0.0800. The molecule has 0 spiro atoms. The Morgan fingerprint density at radius 3 is 2.31 bits per heavy atom. The van der Waals surface area contributed by atoms with Crippen LogP contribution in [0.15, 0.2) is 0 Å². The van der Waals surface area contributed by atoms with E-state index in [0.717, 1.165) is 12.1 Å². The molecule has 1 unspecified atom stereocenters. The molecule has 0 aromatic rings. The van der Waals surface area contributed by atoms with Gasteiger partial charge in [-0.3, -0.25) is 4.90 Å².